The topological polar surface area (TPSA) is 76.4 Å². The van der Waals surface area contributed by atoms with Gasteiger partial charge in [0.2, 0.25) is 5.91 Å². The van der Waals surface area contributed by atoms with E-state index in [2.05, 4.69) is 5.32 Å². The number of hydrogen-bond acceptors (Lipinski definition) is 4. The lowest BCUT2D eigenvalue weighted by molar-refractivity contribution is -0.136. The standard InChI is InChI=1S/C21H11B6F3N4O2S/c1-20(2)18(36)33(15-7(22)4-6(5-31)9(12(15)25)21(28,29)30)19(37)34(20)16-13(26)10(23)8(17(35)32-3)11(24)14(16)27/h4H,1-3H3,(H,32,35). The second kappa shape index (κ2) is 9.35. The number of thiocarbonyl (C=S) groups is 1. The van der Waals surface area contributed by atoms with Crippen LogP contribution in [0.25, 0.3) is 0 Å². The van der Waals surface area contributed by atoms with E-state index in [4.69, 9.17) is 59.3 Å². The molecule has 12 radical (unpaired) electrons. The first-order valence-electron chi connectivity index (χ1n) is 10.3. The van der Waals surface area contributed by atoms with Gasteiger partial charge in [-0.05, 0) is 32.1 Å². The van der Waals surface area contributed by atoms with Crippen molar-refractivity contribution in [2.75, 3.05) is 16.8 Å². The van der Waals surface area contributed by atoms with E-state index in [1.807, 2.05) is 0 Å². The van der Waals surface area contributed by atoms with Gasteiger partial charge in [0.15, 0.2) is 5.11 Å². The normalized spacial score (nSPS) is 15.2. The highest BCUT2D eigenvalue weighted by Gasteiger charge is 2.52. The lowest BCUT2D eigenvalue weighted by atomic mass is 9.65. The number of nitrogens with one attached hydrogen (secondary N) is 1. The lowest BCUT2D eigenvalue weighted by Gasteiger charge is -2.35. The number of hydrogen-bond donors (Lipinski definition) is 1. The van der Waals surface area contributed by atoms with Crippen LogP contribution in [-0.4, -0.2) is 76.6 Å². The third kappa shape index (κ3) is 4.17. The molecule has 1 aliphatic heterocycles. The molecule has 0 atom stereocenters. The van der Waals surface area contributed by atoms with Crippen LogP contribution in [0.5, 0.6) is 0 Å². The molecule has 1 saturated heterocycles. The molecule has 0 aromatic heterocycles. The minimum Gasteiger partial charge on any atom is -0.355 e. The maximum atomic E-state index is 13.8. The van der Waals surface area contributed by atoms with Crippen molar-refractivity contribution >= 4 is 120 Å². The van der Waals surface area contributed by atoms with Crippen LogP contribution in [0.3, 0.4) is 0 Å². The molecule has 6 nitrogen and oxygen atoms in total. The number of anilines is 2. The summed E-state index contributed by atoms with van der Waals surface area (Å²) >= 11 is 5.48. The zero-order valence-electron chi connectivity index (χ0n) is 19.7. The Morgan fingerprint density at radius 3 is 1.97 bits per heavy atom. The maximum Gasteiger partial charge on any atom is 0.417 e. The fraction of sp³-hybridized carbons (Fsp3) is 0.238. The van der Waals surface area contributed by atoms with Crippen molar-refractivity contribution in [1.29, 1.82) is 5.26 Å². The Bertz CT molecular complexity index is 1410. The molecular formula is C21H11B6F3N4O2S. The molecule has 172 valence electrons. The van der Waals surface area contributed by atoms with Crippen molar-refractivity contribution in [2.24, 2.45) is 0 Å². The minimum absolute atomic E-state index is 0.143. The molecule has 0 aliphatic carbocycles. The number of nitriles is 1. The SMILES string of the molecule is [B]c1cc(C#N)c(C(F)(F)F)c([B])c1N1C(=O)C(C)(C)N(c2c([B])c([B])c(C(=O)NC)c([B])c2[B])C1=S. The highest BCUT2D eigenvalue weighted by atomic mass is 32.1. The molecule has 0 bridgehead atoms. The van der Waals surface area contributed by atoms with Gasteiger partial charge in [-0.3, -0.25) is 14.5 Å². The molecule has 0 spiro atoms. The molecule has 37 heavy (non-hydrogen) atoms. The molecule has 3 rings (SSSR count). The first-order valence-corrected chi connectivity index (χ1v) is 10.7. The van der Waals surface area contributed by atoms with Gasteiger partial charge in [-0.1, -0.05) is 32.8 Å². The minimum atomic E-state index is -5.05. The summed E-state index contributed by atoms with van der Waals surface area (Å²) in [4.78, 5) is 27.7. The first-order chi connectivity index (χ1) is 16.9. The van der Waals surface area contributed by atoms with Gasteiger partial charge in [-0.25, -0.2) is 0 Å². The van der Waals surface area contributed by atoms with Crippen LogP contribution in [-0.2, 0) is 11.0 Å². The van der Waals surface area contributed by atoms with Gasteiger partial charge in [0, 0.05) is 24.0 Å². The summed E-state index contributed by atoms with van der Waals surface area (Å²) < 4.78 is 41.4. The second-order valence-electron chi connectivity index (χ2n) is 8.54. The van der Waals surface area contributed by atoms with E-state index in [0.29, 0.717) is 4.90 Å². The molecule has 2 amide bonds. The van der Waals surface area contributed by atoms with Crippen molar-refractivity contribution in [3.8, 4) is 6.07 Å². The van der Waals surface area contributed by atoms with Crippen molar-refractivity contribution < 1.29 is 22.8 Å². The van der Waals surface area contributed by atoms with Gasteiger partial charge >= 0.3 is 6.18 Å². The van der Waals surface area contributed by atoms with Crippen molar-refractivity contribution in [2.45, 2.75) is 25.6 Å². The van der Waals surface area contributed by atoms with E-state index in [1.165, 1.54) is 27.0 Å². The smallest absolute Gasteiger partial charge is 0.355 e. The van der Waals surface area contributed by atoms with E-state index < -0.39 is 56.4 Å². The Morgan fingerprint density at radius 1 is 1.03 bits per heavy atom. The zero-order chi connectivity index (χ0) is 28.4. The molecule has 2 aromatic rings. The largest absolute Gasteiger partial charge is 0.417 e. The Hall–Kier alpha value is -3.06. The number of rotatable bonds is 3. The molecule has 1 N–H and O–H groups in total. The number of nitrogens with zero attached hydrogens (tertiary/aromatic N) is 3. The number of carbonyl (C=O) groups excluding carboxylic acids is 2. The molecule has 0 unspecified atom stereocenters. The van der Waals surface area contributed by atoms with E-state index in [-0.39, 0.29) is 33.1 Å². The van der Waals surface area contributed by atoms with E-state index in [1.54, 1.807) is 0 Å². The highest BCUT2D eigenvalue weighted by molar-refractivity contribution is 7.81. The van der Waals surface area contributed by atoms with E-state index >= 15 is 0 Å². The van der Waals surface area contributed by atoms with Gasteiger partial charge < -0.3 is 10.2 Å². The summed E-state index contributed by atoms with van der Waals surface area (Å²) in [6.07, 6.45) is -5.05. The van der Waals surface area contributed by atoms with Crippen LogP contribution in [0.1, 0.15) is 35.3 Å². The van der Waals surface area contributed by atoms with Crippen LogP contribution in [0.2, 0.25) is 0 Å². The van der Waals surface area contributed by atoms with Crippen molar-refractivity contribution in [1.82, 2.24) is 5.32 Å². The number of benzene rings is 2. The fourth-order valence-electron chi connectivity index (χ4n) is 4.15. The summed E-state index contributed by atoms with van der Waals surface area (Å²) in [5.74, 6) is -1.53. The maximum absolute atomic E-state index is 13.8. The van der Waals surface area contributed by atoms with Crippen molar-refractivity contribution in [3.05, 3.63) is 22.8 Å². The predicted octanol–water partition coefficient (Wildman–Crippen LogP) is -3.38. The number of amides is 2. The summed E-state index contributed by atoms with van der Waals surface area (Å²) in [5.41, 5.74) is -7.29. The number of alkyl halides is 3. The highest BCUT2D eigenvalue weighted by Crippen LogP contribution is 2.36. The Balaban J connectivity index is 2.34. The summed E-state index contributed by atoms with van der Waals surface area (Å²) in [6.45, 7) is 2.78. The van der Waals surface area contributed by atoms with Crippen LogP contribution >= 0.6 is 12.2 Å². The Kier molecular flexibility index (Phi) is 7.21. The van der Waals surface area contributed by atoms with Crippen LogP contribution in [0, 0.1) is 11.3 Å². The predicted molar refractivity (Wildman–Crippen MR) is 145 cm³/mol. The van der Waals surface area contributed by atoms with Gasteiger partial charge in [0.05, 0.1) is 17.2 Å². The molecule has 0 saturated carbocycles. The van der Waals surface area contributed by atoms with Crippen molar-refractivity contribution in [3.63, 3.8) is 0 Å². The lowest BCUT2D eigenvalue weighted by Crippen LogP contribution is -2.56. The molecule has 16 heteroatoms. The molecule has 1 aliphatic rings. The van der Waals surface area contributed by atoms with Gasteiger partial charge in [0.25, 0.3) is 5.91 Å². The van der Waals surface area contributed by atoms with Gasteiger partial charge in [-0.15, -0.1) is 0 Å². The first kappa shape index (κ1) is 28.5. The zero-order valence-corrected chi connectivity index (χ0v) is 20.6. The monoisotopic (exact) mass is 506 g/mol. The number of halogens is 3. The average Bonchev–Trinajstić information content (AvgIpc) is 2.96. The quantitative estimate of drug-likeness (QED) is 0.348. The fourth-order valence-corrected chi connectivity index (χ4v) is 4.64. The van der Waals surface area contributed by atoms with Gasteiger partial charge in [0.1, 0.15) is 52.6 Å². The summed E-state index contributed by atoms with van der Waals surface area (Å²) in [5, 5.41) is 11.1. The third-order valence-electron chi connectivity index (χ3n) is 5.97. The summed E-state index contributed by atoms with van der Waals surface area (Å²) in [7, 11) is 37.7. The third-order valence-corrected chi connectivity index (χ3v) is 6.33. The van der Waals surface area contributed by atoms with E-state index in [9.17, 15) is 28.0 Å². The van der Waals surface area contributed by atoms with E-state index in [0.717, 1.165) is 11.0 Å². The summed E-state index contributed by atoms with van der Waals surface area (Å²) in [6, 6.07) is 2.15. The molecule has 1 fully saturated rings. The van der Waals surface area contributed by atoms with Crippen LogP contribution in [0.4, 0.5) is 24.5 Å². The Morgan fingerprint density at radius 2 is 1.54 bits per heavy atom. The molecule has 1 heterocycles. The van der Waals surface area contributed by atoms with Gasteiger partial charge in [-0.2, -0.15) is 18.4 Å². The molecule has 2 aromatic carbocycles. The Labute approximate surface area is 224 Å². The second-order valence-corrected chi connectivity index (χ2v) is 8.90. The average molecular weight is 505 g/mol. The number of carbonyl (C=O) groups is 2. The van der Waals surface area contributed by atoms with Crippen LogP contribution < -0.4 is 47.9 Å². The van der Waals surface area contributed by atoms with Crippen LogP contribution in [0.15, 0.2) is 6.07 Å². The molecular weight excluding hydrogens is 494 g/mol.